The first-order valence-corrected chi connectivity index (χ1v) is 14.4. The number of alkyl halides is 3. The lowest BCUT2D eigenvalue weighted by Crippen LogP contribution is -2.51. The molecule has 2 aromatic carbocycles. The number of carbonyl (C=O) groups is 2. The highest BCUT2D eigenvalue weighted by molar-refractivity contribution is 7.90. The molecule has 0 unspecified atom stereocenters. The van der Waals surface area contributed by atoms with Crippen LogP contribution in [0.5, 0.6) is 0 Å². The molecule has 9 nitrogen and oxygen atoms in total. The summed E-state index contributed by atoms with van der Waals surface area (Å²) in [7, 11) is -3.44. The summed E-state index contributed by atoms with van der Waals surface area (Å²) in [4.78, 5) is 26.3. The number of hydrogen-bond acceptors (Lipinski definition) is 5. The van der Waals surface area contributed by atoms with Crippen LogP contribution in [0.4, 0.5) is 13.2 Å². The molecule has 2 saturated heterocycles. The van der Waals surface area contributed by atoms with Gasteiger partial charge in [-0.3, -0.25) is 9.59 Å². The van der Waals surface area contributed by atoms with Crippen molar-refractivity contribution >= 4 is 32.7 Å². The number of primary amides is 1. The number of likely N-dealkylation sites (tertiary alicyclic amines) is 1. The molecule has 13 heteroatoms. The number of benzene rings is 2. The molecule has 0 radical (unpaired) electrons. The maximum atomic E-state index is 13.1. The maximum Gasteiger partial charge on any atom is 0.511 e. The number of hydrogen-bond donors (Lipinski definition) is 2. The van der Waals surface area contributed by atoms with E-state index in [2.05, 4.69) is 10.2 Å². The number of amides is 2. The van der Waals surface area contributed by atoms with Crippen molar-refractivity contribution in [1.82, 2.24) is 19.1 Å². The van der Waals surface area contributed by atoms with Crippen LogP contribution in [-0.2, 0) is 21.4 Å². The molecule has 2 aliphatic heterocycles. The Labute approximate surface area is 229 Å². The fourth-order valence-corrected chi connectivity index (χ4v) is 6.47. The Morgan fingerprint density at radius 3 is 2.40 bits per heavy atom. The van der Waals surface area contributed by atoms with Crippen LogP contribution in [-0.4, -0.2) is 72.7 Å². The van der Waals surface area contributed by atoms with Gasteiger partial charge in [0.2, 0.25) is 11.8 Å². The van der Waals surface area contributed by atoms with Gasteiger partial charge in [-0.1, -0.05) is 24.3 Å². The second kappa shape index (κ2) is 10.5. The predicted molar refractivity (Wildman–Crippen MR) is 144 cm³/mol. The summed E-state index contributed by atoms with van der Waals surface area (Å²) in [6.07, 6.45) is 2.27. The number of sulfonamides is 1. The van der Waals surface area contributed by atoms with Crippen molar-refractivity contribution in [2.45, 2.75) is 30.9 Å². The summed E-state index contributed by atoms with van der Waals surface area (Å²) >= 11 is 0. The number of rotatable bonds is 7. The molecule has 3 heterocycles. The molecule has 2 aliphatic rings. The van der Waals surface area contributed by atoms with E-state index in [1.54, 1.807) is 18.2 Å². The number of piperidine rings is 1. The van der Waals surface area contributed by atoms with E-state index in [0.29, 0.717) is 29.5 Å². The van der Waals surface area contributed by atoms with Gasteiger partial charge in [0.1, 0.15) is 0 Å². The molecule has 0 saturated carbocycles. The molecule has 0 atom stereocenters. The molecule has 3 N–H and O–H groups in total. The summed E-state index contributed by atoms with van der Waals surface area (Å²) in [6.45, 7) is 1.22. The highest BCUT2D eigenvalue weighted by atomic mass is 32.2. The van der Waals surface area contributed by atoms with Gasteiger partial charge in [0.25, 0.3) is 0 Å². The molecule has 0 aliphatic carbocycles. The molecule has 2 amide bonds. The Morgan fingerprint density at radius 2 is 1.77 bits per heavy atom. The lowest BCUT2D eigenvalue weighted by atomic mass is 10.00. The van der Waals surface area contributed by atoms with Crippen LogP contribution in [0, 0.1) is 5.92 Å². The minimum Gasteiger partial charge on any atom is -0.366 e. The zero-order chi connectivity index (χ0) is 28.8. The van der Waals surface area contributed by atoms with E-state index in [4.69, 9.17) is 5.73 Å². The Hall–Kier alpha value is -3.42. The lowest BCUT2D eigenvalue weighted by molar-refractivity contribution is -0.129. The van der Waals surface area contributed by atoms with E-state index in [-0.39, 0.29) is 43.8 Å². The second-order valence-electron chi connectivity index (χ2n) is 10.5. The van der Waals surface area contributed by atoms with Gasteiger partial charge in [-0.25, -0.2) is 8.42 Å². The van der Waals surface area contributed by atoms with Crippen molar-refractivity contribution in [2.24, 2.45) is 11.7 Å². The fourth-order valence-electron chi connectivity index (χ4n) is 5.48. The van der Waals surface area contributed by atoms with Crippen LogP contribution < -0.4 is 11.1 Å². The Kier molecular flexibility index (Phi) is 7.40. The number of nitrogens with zero attached hydrogens (tertiary/aromatic N) is 3. The molecule has 0 bridgehead atoms. The first-order chi connectivity index (χ1) is 18.8. The third kappa shape index (κ3) is 5.32. The molecule has 1 aromatic heterocycles. The van der Waals surface area contributed by atoms with E-state index < -0.39 is 21.4 Å². The normalized spacial score (nSPS) is 18.1. The van der Waals surface area contributed by atoms with E-state index in [1.165, 1.54) is 0 Å². The highest BCUT2D eigenvalue weighted by Gasteiger charge is 2.50. The van der Waals surface area contributed by atoms with Crippen LogP contribution in [0.1, 0.15) is 34.8 Å². The minimum atomic E-state index is -5.39. The van der Waals surface area contributed by atoms with Crippen LogP contribution in [0.3, 0.4) is 0 Å². The van der Waals surface area contributed by atoms with Gasteiger partial charge in [-0.2, -0.15) is 17.5 Å². The summed E-state index contributed by atoms with van der Waals surface area (Å²) in [5.74, 6) is -0.629. The van der Waals surface area contributed by atoms with Crippen LogP contribution in [0.25, 0.3) is 22.0 Å². The number of carbonyl (C=O) groups excluding carboxylic acids is 2. The third-order valence-electron chi connectivity index (χ3n) is 7.71. The van der Waals surface area contributed by atoms with Crippen molar-refractivity contribution in [1.29, 1.82) is 0 Å². The van der Waals surface area contributed by atoms with E-state index >= 15 is 0 Å². The molecule has 0 spiro atoms. The Balaban J connectivity index is 1.46. The number of nitrogens with one attached hydrogen (secondary N) is 1. The maximum absolute atomic E-state index is 13.1. The van der Waals surface area contributed by atoms with Crippen LogP contribution in [0.2, 0.25) is 0 Å². The number of fused-ring (bicyclic) bond motifs is 1. The van der Waals surface area contributed by atoms with Gasteiger partial charge in [0.15, 0.2) is 0 Å². The van der Waals surface area contributed by atoms with Gasteiger partial charge < -0.3 is 20.5 Å². The van der Waals surface area contributed by atoms with Crippen molar-refractivity contribution in [3.05, 3.63) is 59.8 Å². The Bertz CT molecular complexity index is 1560. The first-order valence-electron chi connectivity index (χ1n) is 12.9. The summed E-state index contributed by atoms with van der Waals surface area (Å²) in [6, 6.07) is 12.4. The molecule has 2 fully saturated rings. The number of aromatic nitrogens is 1. The molecule has 40 heavy (non-hydrogen) atoms. The summed E-state index contributed by atoms with van der Waals surface area (Å²) in [5, 5.41) is 3.82. The Morgan fingerprint density at radius 1 is 1.07 bits per heavy atom. The van der Waals surface area contributed by atoms with E-state index in [0.717, 1.165) is 27.6 Å². The van der Waals surface area contributed by atoms with E-state index in [1.807, 2.05) is 42.1 Å². The zero-order valence-corrected chi connectivity index (χ0v) is 22.6. The van der Waals surface area contributed by atoms with Crippen molar-refractivity contribution in [2.75, 3.05) is 33.2 Å². The first kappa shape index (κ1) is 28.1. The molecular formula is C27H30F3N5O4S. The minimum absolute atomic E-state index is 0.0178. The van der Waals surface area contributed by atoms with Gasteiger partial charge >= 0.3 is 15.5 Å². The largest absolute Gasteiger partial charge is 0.511 e. The monoisotopic (exact) mass is 577 g/mol. The van der Waals surface area contributed by atoms with Crippen molar-refractivity contribution in [3.8, 4) is 11.1 Å². The number of halogens is 3. The smallest absolute Gasteiger partial charge is 0.366 e. The van der Waals surface area contributed by atoms with Crippen molar-refractivity contribution < 1.29 is 31.2 Å². The van der Waals surface area contributed by atoms with Gasteiger partial charge in [0, 0.05) is 67.0 Å². The predicted octanol–water partition coefficient (Wildman–Crippen LogP) is 3.07. The van der Waals surface area contributed by atoms with Gasteiger partial charge in [-0.15, -0.1) is 0 Å². The van der Waals surface area contributed by atoms with Crippen molar-refractivity contribution in [3.63, 3.8) is 0 Å². The number of nitrogens with two attached hydrogens (primary N) is 1. The SMILES string of the molecule is CN1CC(C(=O)NCc2ccc3c(-c4cccc(C(N)=O)c4)cn(C4CCN(S(=O)(=O)C(F)(F)F)CC4)c3c2)C1. The molecule has 5 rings (SSSR count). The average molecular weight is 578 g/mol. The summed E-state index contributed by atoms with van der Waals surface area (Å²) in [5.41, 5.74) is 3.67. The van der Waals surface area contributed by atoms with E-state index in [9.17, 15) is 31.2 Å². The second-order valence-corrected chi connectivity index (χ2v) is 12.4. The third-order valence-corrected chi connectivity index (χ3v) is 9.34. The topological polar surface area (TPSA) is 118 Å². The fraction of sp³-hybridized carbons (Fsp3) is 0.407. The van der Waals surface area contributed by atoms with Crippen LogP contribution >= 0.6 is 0 Å². The van der Waals surface area contributed by atoms with Gasteiger partial charge in [-0.05, 0) is 49.2 Å². The highest BCUT2D eigenvalue weighted by Crippen LogP contribution is 2.38. The quantitative estimate of drug-likeness (QED) is 0.448. The molecule has 3 aromatic rings. The average Bonchev–Trinajstić information content (AvgIpc) is 3.28. The standard InChI is InChI=1S/C27H30F3N5O4S/c1-33-14-20(15-33)26(37)32-13-17-5-6-22-23(18-3-2-4-19(12-18)25(31)36)16-35(24(22)11-17)21-7-9-34(10-8-21)40(38,39)27(28,29)30/h2-6,11-12,16,20-21H,7-10,13-15H2,1H3,(H2,31,36)(H,32,37). The van der Waals surface area contributed by atoms with Crippen LogP contribution in [0.15, 0.2) is 48.7 Å². The van der Waals surface area contributed by atoms with Gasteiger partial charge in [0.05, 0.1) is 5.92 Å². The lowest BCUT2D eigenvalue weighted by Gasteiger charge is -2.34. The zero-order valence-electron chi connectivity index (χ0n) is 21.8. The molecule has 214 valence electrons. The molecular weight excluding hydrogens is 547 g/mol. The summed E-state index contributed by atoms with van der Waals surface area (Å²) < 4.78 is 65.6.